The van der Waals surface area contributed by atoms with Crippen LogP contribution in [0.25, 0.3) is 11.2 Å². The lowest BCUT2D eigenvalue weighted by Gasteiger charge is -2.07. The number of nitrogens with two attached hydrogens (primary N) is 1. The van der Waals surface area contributed by atoms with Gasteiger partial charge in [0.05, 0.1) is 6.33 Å². The maximum Gasteiger partial charge on any atom is 0.347 e. The van der Waals surface area contributed by atoms with Gasteiger partial charge < -0.3 is 25.9 Å². The molecule has 0 fully saturated rings. The number of aromatic amines is 1. The molecule has 0 aliphatic carbocycles. The van der Waals surface area contributed by atoms with Gasteiger partial charge in [0.15, 0.2) is 11.5 Å². The SMILES string of the molecule is CC(=O)Nc1ccc(OC(=O)c2ccccc2O)cc1.Nc1ncnc2nc[nH]c12. The number of hydrogen-bond acceptors (Lipinski definition) is 8. The van der Waals surface area contributed by atoms with E-state index < -0.39 is 5.97 Å². The van der Waals surface area contributed by atoms with Gasteiger partial charge in [-0.05, 0) is 36.4 Å². The van der Waals surface area contributed by atoms with Crippen molar-refractivity contribution in [1.29, 1.82) is 0 Å². The third kappa shape index (κ3) is 5.07. The fraction of sp³-hybridized carbons (Fsp3) is 0.0500. The predicted octanol–water partition coefficient (Wildman–Crippen LogP) is 2.50. The summed E-state index contributed by atoms with van der Waals surface area (Å²) in [5.41, 5.74) is 7.49. The van der Waals surface area contributed by atoms with Crippen molar-refractivity contribution in [1.82, 2.24) is 19.9 Å². The molecule has 5 N–H and O–H groups in total. The molecule has 2 heterocycles. The number of phenols is 1. The number of esters is 1. The maximum absolute atomic E-state index is 11.8. The Hall–Kier alpha value is -4.47. The number of amides is 1. The molecule has 2 aromatic heterocycles. The molecule has 1 amide bonds. The van der Waals surface area contributed by atoms with E-state index in [1.165, 1.54) is 31.7 Å². The van der Waals surface area contributed by atoms with Crippen LogP contribution < -0.4 is 15.8 Å². The van der Waals surface area contributed by atoms with Crippen molar-refractivity contribution in [2.75, 3.05) is 11.1 Å². The van der Waals surface area contributed by atoms with Crippen LogP contribution in [0.3, 0.4) is 0 Å². The number of nitrogen functional groups attached to an aromatic ring is 1. The Morgan fingerprint density at radius 1 is 1.07 bits per heavy atom. The maximum atomic E-state index is 11.8. The second kappa shape index (κ2) is 9.15. The number of carbonyl (C=O) groups excluding carboxylic acids is 2. The molecule has 30 heavy (non-hydrogen) atoms. The molecule has 10 nitrogen and oxygen atoms in total. The van der Waals surface area contributed by atoms with Crippen LogP contribution >= 0.6 is 0 Å². The molecule has 152 valence electrons. The van der Waals surface area contributed by atoms with E-state index in [1.807, 2.05) is 0 Å². The largest absolute Gasteiger partial charge is 0.507 e. The predicted molar refractivity (Wildman–Crippen MR) is 110 cm³/mol. The summed E-state index contributed by atoms with van der Waals surface area (Å²) in [6, 6.07) is 12.5. The summed E-state index contributed by atoms with van der Waals surface area (Å²) in [6.45, 7) is 1.41. The van der Waals surface area contributed by atoms with Gasteiger partial charge in [-0.3, -0.25) is 4.79 Å². The number of hydrogen-bond donors (Lipinski definition) is 4. The first-order chi connectivity index (χ1) is 14.4. The number of imidazole rings is 1. The lowest BCUT2D eigenvalue weighted by atomic mass is 10.2. The van der Waals surface area contributed by atoms with Crippen LogP contribution in [0, 0.1) is 0 Å². The molecule has 0 aliphatic rings. The molecular weight excluding hydrogens is 388 g/mol. The highest BCUT2D eigenvalue weighted by atomic mass is 16.5. The van der Waals surface area contributed by atoms with Crippen molar-refractivity contribution >= 4 is 34.5 Å². The molecule has 0 bridgehead atoms. The number of nitrogens with one attached hydrogen (secondary N) is 2. The minimum absolute atomic E-state index is 0.0958. The van der Waals surface area contributed by atoms with E-state index in [0.717, 1.165) is 0 Å². The molecule has 0 saturated carbocycles. The molecule has 0 saturated heterocycles. The summed E-state index contributed by atoms with van der Waals surface area (Å²) in [6.07, 6.45) is 2.92. The first kappa shape index (κ1) is 20.3. The summed E-state index contributed by atoms with van der Waals surface area (Å²) < 4.78 is 5.13. The van der Waals surface area contributed by atoms with Gasteiger partial charge in [0.25, 0.3) is 0 Å². The van der Waals surface area contributed by atoms with Crippen molar-refractivity contribution in [2.45, 2.75) is 6.92 Å². The van der Waals surface area contributed by atoms with Crippen molar-refractivity contribution < 1.29 is 19.4 Å². The Morgan fingerprint density at radius 3 is 2.47 bits per heavy atom. The first-order valence-corrected chi connectivity index (χ1v) is 8.71. The van der Waals surface area contributed by atoms with Gasteiger partial charge >= 0.3 is 5.97 Å². The number of nitrogens with zero attached hydrogens (tertiary/aromatic N) is 3. The number of H-pyrrole nitrogens is 1. The van der Waals surface area contributed by atoms with Crippen LogP contribution in [-0.2, 0) is 4.79 Å². The fourth-order valence-corrected chi connectivity index (χ4v) is 2.40. The van der Waals surface area contributed by atoms with Crippen LogP contribution in [0.2, 0.25) is 0 Å². The highest BCUT2D eigenvalue weighted by Crippen LogP contribution is 2.20. The number of aromatic hydroxyl groups is 1. The summed E-state index contributed by atoms with van der Waals surface area (Å²) in [4.78, 5) is 37.1. The second-order valence-corrected chi connectivity index (χ2v) is 5.97. The molecule has 10 heteroatoms. The summed E-state index contributed by atoms with van der Waals surface area (Å²) in [5, 5.41) is 12.2. The standard InChI is InChI=1S/C15H13NO4.C5H5N5/c1-10(17)16-11-6-8-12(9-7-11)20-15(19)13-4-2-3-5-14(13)18;6-4-3-5(9-1-7-3)10-2-8-4/h2-9,18H,1H3,(H,16,17);1-2H,(H3,6,7,8,9,10). The van der Waals surface area contributed by atoms with Gasteiger partial charge in [0.2, 0.25) is 5.91 Å². The highest BCUT2D eigenvalue weighted by molar-refractivity contribution is 5.94. The number of anilines is 2. The molecular formula is C20H18N6O4. The summed E-state index contributed by atoms with van der Waals surface area (Å²) >= 11 is 0. The first-order valence-electron chi connectivity index (χ1n) is 8.71. The van der Waals surface area contributed by atoms with E-state index in [9.17, 15) is 14.7 Å². The van der Waals surface area contributed by atoms with E-state index in [-0.39, 0.29) is 17.2 Å². The van der Waals surface area contributed by atoms with Crippen molar-refractivity contribution in [3.8, 4) is 11.5 Å². The Kier molecular flexibility index (Phi) is 6.18. The summed E-state index contributed by atoms with van der Waals surface area (Å²) in [5.74, 6) is -0.193. The molecule has 0 unspecified atom stereocenters. The van der Waals surface area contributed by atoms with Gasteiger partial charge in [-0.2, -0.15) is 0 Å². The Bertz CT molecular complexity index is 1170. The highest BCUT2D eigenvalue weighted by Gasteiger charge is 2.12. The van der Waals surface area contributed by atoms with Crippen LogP contribution in [0.4, 0.5) is 11.5 Å². The number of carbonyl (C=O) groups is 2. The van der Waals surface area contributed by atoms with Gasteiger partial charge in [-0.15, -0.1) is 0 Å². The third-order valence-electron chi connectivity index (χ3n) is 3.76. The van der Waals surface area contributed by atoms with Crippen LogP contribution in [-0.4, -0.2) is 36.9 Å². The molecule has 0 aliphatic heterocycles. The van der Waals surface area contributed by atoms with Gasteiger partial charge in [0.1, 0.15) is 28.9 Å². The third-order valence-corrected chi connectivity index (χ3v) is 3.76. The number of para-hydroxylation sites is 1. The molecule has 4 rings (SSSR count). The quantitative estimate of drug-likeness (QED) is 0.299. The molecule has 0 spiro atoms. The minimum atomic E-state index is -0.643. The molecule has 4 aromatic rings. The normalized spacial score (nSPS) is 10.0. The average molecular weight is 406 g/mol. The molecule has 2 aromatic carbocycles. The van der Waals surface area contributed by atoms with Gasteiger partial charge in [-0.1, -0.05) is 12.1 Å². The van der Waals surface area contributed by atoms with E-state index in [0.29, 0.717) is 28.4 Å². The van der Waals surface area contributed by atoms with E-state index >= 15 is 0 Å². The minimum Gasteiger partial charge on any atom is -0.507 e. The van der Waals surface area contributed by atoms with E-state index in [1.54, 1.807) is 36.4 Å². The second-order valence-electron chi connectivity index (χ2n) is 5.97. The smallest absolute Gasteiger partial charge is 0.347 e. The molecule has 0 radical (unpaired) electrons. The van der Waals surface area contributed by atoms with Crippen LogP contribution in [0.15, 0.2) is 61.2 Å². The number of phenolic OH excluding ortho intramolecular Hbond substituents is 1. The van der Waals surface area contributed by atoms with Gasteiger partial charge in [0, 0.05) is 12.6 Å². The van der Waals surface area contributed by atoms with Crippen LogP contribution in [0.5, 0.6) is 11.5 Å². The van der Waals surface area contributed by atoms with Crippen molar-refractivity contribution in [3.63, 3.8) is 0 Å². The monoisotopic (exact) mass is 406 g/mol. The number of ether oxygens (including phenoxy) is 1. The topological polar surface area (TPSA) is 156 Å². The zero-order valence-corrected chi connectivity index (χ0v) is 15.9. The Balaban J connectivity index is 0.000000212. The van der Waals surface area contributed by atoms with E-state index in [2.05, 4.69) is 25.3 Å². The number of fused-ring (bicyclic) bond motifs is 1. The van der Waals surface area contributed by atoms with Gasteiger partial charge in [-0.25, -0.2) is 19.7 Å². The Labute approximate surface area is 170 Å². The number of aromatic nitrogens is 4. The number of benzene rings is 2. The zero-order chi connectivity index (χ0) is 21.5. The average Bonchev–Trinajstić information content (AvgIpc) is 3.20. The van der Waals surface area contributed by atoms with E-state index in [4.69, 9.17) is 10.5 Å². The van der Waals surface area contributed by atoms with Crippen molar-refractivity contribution in [2.24, 2.45) is 0 Å². The summed E-state index contributed by atoms with van der Waals surface area (Å²) in [7, 11) is 0. The lowest BCUT2D eigenvalue weighted by molar-refractivity contribution is -0.114. The molecule has 0 atom stereocenters. The Morgan fingerprint density at radius 2 is 1.80 bits per heavy atom. The number of rotatable bonds is 3. The zero-order valence-electron chi connectivity index (χ0n) is 15.9. The van der Waals surface area contributed by atoms with Crippen LogP contribution in [0.1, 0.15) is 17.3 Å². The lowest BCUT2D eigenvalue weighted by Crippen LogP contribution is -2.09. The van der Waals surface area contributed by atoms with Crippen molar-refractivity contribution in [3.05, 3.63) is 66.7 Å². The fourth-order valence-electron chi connectivity index (χ4n) is 2.40.